The van der Waals surface area contributed by atoms with E-state index < -0.39 is 25.8 Å². The highest BCUT2D eigenvalue weighted by molar-refractivity contribution is 6.74. The Morgan fingerprint density at radius 3 is 2.24 bits per heavy atom. The molecule has 0 saturated carbocycles. The first-order valence-electron chi connectivity index (χ1n) is 12.2. The van der Waals surface area contributed by atoms with Gasteiger partial charge in [-0.3, -0.25) is 9.59 Å². The average molecular weight is 493 g/mol. The van der Waals surface area contributed by atoms with Gasteiger partial charge in [-0.05, 0) is 65.1 Å². The number of carbonyl (C=O) groups is 2. The van der Waals surface area contributed by atoms with Crippen LogP contribution in [0.5, 0.6) is 0 Å². The van der Waals surface area contributed by atoms with E-state index in [4.69, 9.17) is 9.16 Å². The molecule has 0 amide bonds. The van der Waals surface area contributed by atoms with Crippen LogP contribution in [0.1, 0.15) is 74.1 Å². The number of aliphatic hydroxyl groups is 1. The van der Waals surface area contributed by atoms with Crippen LogP contribution in [-0.2, 0) is 18.8 Å². The zero-order valence-electron chi connectivity index (χ0n) is 23.0. The number of esters is 1. The van der Waals surface area contributed by atoms with Crippen molar-refractivity contribution in [1.29, 1.82) is 0 Å². The molecule has 1 N–H and O–H groups in total. The van der Waals surface area contributed by atoms with E-state index in [0.717, 1.165) is 18.4 Å². The quantitative estimate of drug-likeness (QED) is 0.0687. The highest BCUT2D eigenvalue weighted by Gasteiger charge is 2.41. The van der Waals surface area contributed by atoms with Gasteiger partial charge in [-0.15, -0.1) is 6.58 Å². The third kappa shape index (κ3) is 11.1. The van der Waals surface area contributed by atoms with Crippen molar-refractivity contribution in [3.63, 3.8) is 0 Å². The van der Waals surface area contributed by atoms with Crippen LogP contribution in [-0.4, -0.2) is 44.5 Å². The molecule has 0 aromatic rings. The summed E-state index contributed by atoms with van der Waals surface area (Å²) in [6.07, 6.45) is 10.4. The molecule has 0 aliphatic carbocycles. The molecule has 0 fully saturated rings. The third-order valence-electron chi connectivity index (χ3n) is 6.51. The summed E-state index contributed by atoms with van der Waals surface area (Å²) >= 11 is 0. The first-order chi connectivity index (χ1) is 15.6. The fraction of sp³-hybridized carbons (Fsp3) is 0.643. The minimum absolute atomic E-state index is 0.160. The number of carbonyl (C=O) groups excluding carboxylic acids is 2. The second kappa shape index (κ2) is 14.6. The number of hydrogen-bond acceptors (Lipinski definition) is 5. The van der Waals surface area contributed by atoms with Crippen LogP contribution >= 0.6 is 0 Å². The van der Waals surface area contributed by atoms with Gasteiger partial charge in [0.05, 0.1) is 19.3 Å². The molecule has 0 aliphatic rings. The molecule has 0 bridgehead atoms. The van der Waals surface area contributed by atoms with E-state index in [9.17, 15) is 14.7 Å². The van der Waals surface area contributed by atoms with E-state index in [-0.39, 0.29) is 30.3 Å². The predicted molar refractivity (Wildman–Crippen MR) is 144 cm³/mol. The number of ether oxygens (including phenoxy) is 1. The topological polar surface area (TPSA) is 72.8 Å². The molecule has 0 aromatic heterocycles. The molecule has 0 aromatic carbocycles. The van der Waals surface area contributed by atoms with Crippen LogP contribution in [0.3, 0.4) is 0 Å². The lowest BCUT2D eigenvalue weighted by molar-refractivity contribution is -0.159. The third-order valence-corrected chi connectivity index (χ3v) is 11.0. The van der Waals surface area contributed by atoms with Gasteiger partial charge in [0.1, 0.15) is 5.41 Å². The summed E-state index contributed by atoms with van der Waals surface area (Å²) in [4.78, 5) is 25.2. The van der Waals surface area contributed by atoms with Crippen molar-refractivity contribution in [3.8, 4) is 0 Å². The molecule has 194 valence electrons. The van der Waals surface area contributed by atoms with Gasteiger partial charge in [0.15, 0.2) is 14.1 Å². The van der Waals surface area contributed by atoms with Gasteiger partial charge in [0, 0.05) is 6.42 Å². The lowest BCUT2D eigenvalue weighted by Gasteiger charge is -2.36. The monoisotopic (exact) mass is 492 g/mol. The molecule has 1 unspecified atom stereocenters. The SMILES string of the molecule is C=C[C@@H](O)CC(=O)C(C)(C/C=C(C)/C=C/CC/C=C(\C)CO[Si](C)(C)C(C)(C)C)C(=O)OCC. The Hall–Kier alpha value is -1.76. The highest BCUT2D eigenvalue weighted by Crippen LogP contribution is 2.36. The molecule has 34 heavy (non-hydrogen) atoms. The second-order valence-electron chi connectivity index (χ2n) is 10.7. The van der Waals surface area contributed by atoms with Crippen molar-refractivity contribution in [2.45, 2.75) is 98.4 Å². The van der Waals surface area contributed by atoms with Crippen LogP contribution in [0.2, 0.25) is 18.1 Å². The highest BCUT2D eigenvalue weighted by atomic mass is 28.4. The van der Waals surface area contributed by atoms with Crippen molar-refractivity contribution in [2.24, 2.45) is 5.41 Å². The largest absolute Gasteiger partial charge is 0.465 e. The van der Waals surface area contributed by atoms with Gasteiger partial charge >= 0.3 is 5.97 Å². The van der Waals surface area contributed by atoms with Crippen molar-refractivity contribution in [2.75, 3.05) is 13.2 Å². The maximum absolute atomic E-state index is 12.7. The number of Topliss-reactive ketones (excluding diaryl/α,β-unsaturated/α-hetero) is 1. The molecule has 0 rings (SSSR count). The maximum atomic E-state index is 12.7. The van der Waals surface area contributed by atoms with E-state index in [0.29, 0.717) is 6.61 Å². The van der Waals surface area contributed by atoms with Gasteiger partial charge in [-0.1, -0.05) is 62.3 Å². The van der Waals surface area contributed by atoms with Crippen molar-refractivity contribution in [3.05, 3.63) is 48.1 Å². The molecule has 2 atom stereocenters. The Morgan fingerprint density at radius 1 is 1.09 bits per heavy atom. The molecule has 6 heteroatoms. The lowest BCUT2D eigenvalue weighted by atomic mass is 9.79. The second-order valence-corrected chi connectivity index (χ2v) is 15.5. The van der Waals surface area contributed by atoms with Crippen LogP contribution in [0, 0.1) is 5.41 Å². The Morgan fingerprint density at radius 2 is 1.71 bits per heavy atom. The molecule has 0 spiro atoms. The number of rotatable bonds is 15. The number of unbranched alkanes of at least 4 members (excludes halogenated alkanes) is 1. The van der Waals surface area contributed by atoms with E-state index in [2.05, 4.69) is 59.5 Å². The molecule has 0 saturated heterocycles. The number of allylic oxidation sites excluding steroid dienone is 5. The van der Waals surface area contributed by atoms with Gasteiger partial charge in [0.2, 0.25) is 0 Å². The van der Waals surface area contributed by atoms with Crippen molar-refractivity contribution >= 4 is 20.1 Å². The number of ketones is 1. The van der Waals surface area contributed by atoms with E-state index in [1.165, 1.54) is 11.6 Å². The summed E-state index contributed by atoms with van der Waals surface area (Å²) < 4.78 is 11.4. The molecule has 0 heterocycles. The Bertz CT molecular complexity index is 770. The number of aliphatic hydroxyl groups excluding tert-OH is 1. The van der Waals surface area contributed by atoms with Gasteiger partial charge in [-0.25, -0.2) is 0 Å². The molecule has 0 aliphatic heterocycles. The molecule has 5 nitrogen and oxygen atoms in total. The summed E-state index contributed by atoms with van der Waals surface area (Å²) in [5, 5.41) is 9.97. The Kier molecular flexibility index (Phi) is 13.8. The molecular weight excluding hydrogens is 444 g/mol. The van der Waals surface area contributed by atoms with Crippen LogP contribution < -0.4 is 0 Å². The minimum Gasteiger partial charge on any atom is -0.465 e. The van der Waals surface area contributed by atoms with Gasteiger partial charge in [-0.2, -0.15) is 0 Å². The molecule has 0 radical (unpaired) electrons. The molecular formula is C28H48O5Si. The van der Waals surface area contributed by atoms with Crippen LogP contribution in [0.4, 0.5) is 0 Å². The summed E-state index contributed by atoms with van der Waals surface area (Å²) in [5.41, 5.74) is 0.879. The van der Waals surface area contributed by atoms with E-state index in [1.807, 2.05) is 19.1 Å². The lowest BCUT2D eigenvalue weighted by Crippen LogP contribution is -2.41. The van der Waals surface area contributed by atoms with Gasteiger partial charge < -0.3 is 14.3 Å². The summed E-state index contributed by atoms with van der Waals surface area (Å²) in [6, 6.07) is 0. The standard InChI is InChI=1S/C28H48O5Si/c1-11-24(29)20-25(30)28(8,26(31)32-12-2)19-18-22(3)16-14-13-15-17-23(4)21-33-34(9,10)27(5,6)7/h11,14,16-18,24,29H,1,12-13,15,19-21H2,2-10H3/b16-14+,22-18+,23-17+/t24-,28?/m1/s1. The van der Waals surface area contributed by atoms with Crippen LogP contribution in [0.15, 0.2) is 48.1 Å². The average Bonchev–Trinajstić information content (AvgIpc) is 2.74. The minimum atomic E-state index is -1.73. The van der Waals surface area contributed by atoms with Gasteiger partial charge in [0.25, 0.3) is 0 Å². The Labute approximate surface area is 209 Å². The maximum Gasteiger partial charge on any atom is 0.319 e. The zero-order chi connectivity index (χ0) is 26.6. The van der Waals surface area contributed by atoms with Crippen LogP contribution in [0.25, 0.3) is 0 Å². The number of hydrogen-bond donors (Lipinski definition) is 1. The van der Waals surface area contributed by atoms with Crippen molar-refractivity contribution < 1.29 is 23.9 Å². The van der Waals surface area contributed by atoms with E-state index >= 15 is 0 Å². The first kappa shape index (κ1) is 32.2. The zero-order valence-corrected chi connectivity index (χ0v) is 24.0. The smallest absolute Gasteiger partial charge is 0.319 e. The van der Waals surface area contributed by atoms with E-state index in [1.54, 1.807) is 13.8 Å². The normalized spacial score (nSPS) is 16.3. The predicted octanol–water partition coefficient (Wildman–Crippen LogP) is 6.70. The fourth-order valence-electron chi connectivity index (χ4n) is 2.80. The Balaban J connectivity index is 4.94. The fourth-order valence-corrected chi connectivity index (χ4v) is 3.82. The summed E-state index contributed by atoms with van der Waals surface area (Å²) in [6.45, 7) is 23.0. The summed E-state index contributed by atoms with van der Waals surface area (Å²) in [7, 11) is -1.73. The van der Waals surface area contributed by atoms with Crippen molar-refractivity contribution in [1.82, 2.24) is 0 Å². The first-order valence-corrected chi connectivity index (χ1v) is 15.2. The summed E-state index contributed by atoms with van der Waals surface area (Å²) in [5.74, 6) is -0.920.